The van der Waals surface area contributed by atoms with E-state index in [1.807, 2.05) is 38.1 Å². The van der Waals surface area contributed by atoms with Gasteiger partial charge in [-0.2, -0.15) is 0 Å². The Labute approximate surface area is 182 Å². The molecule has 0 spiro atoms. The molecule has 3 atom stereocenters. The number of aryl methyl sites for hydroxylation is 1. The molecule has 160 valence electrons. The molecule has 0 aliphatic heterocycles. The molecule has 1 aromatic carbocycles. The SMILES string of the molecule is [C-]#[N+]C1=C(O)[C@@H](C)[C@@H]2CCc3c(nc(C)n3-c3cccc(/C=C/C(=O)OC)c3)[C@@]2(C)C1. The molecule has 0 fully saturated rings. The third kappa shape index (κ3) is 3.34. The zero-order valence-corrected chi connectivity index (χ0v) is 18.3. The van der Waals surface area contributed by atoms with E-state index < -0.39 is 0 Å². The highest BCUT2D eigenvalue weighted by atomic mass is 16.5. The lowest BCUT2D eigenvalue weighted by Crippen LogP contribution is -2.44. The minimum Gasteiger partial charge on any atom is -0.523 e. The number of esters is 1. The molecule has 0 unspecified atom stereocenters. The number of nitrogens with zero attached hydrogens (tertiary/aromatic N) is 3. The summed E-state index contributed by atoms with van der Waals surface area (Å²) < 4.78 is 6.87. The van der Waals surface area contributed by atoms with E-state index >= 15 is 0 Å². The van der Waals surface area contributed by atoms with Gasteiger partial charge in [-0.3, -0.25) is 0 Å². The maximum Gasteiger partial charge on any atom is 0.330 e. The predicted molar refractivity (Wildman–Crippen MR) is 119 cm³/mol. The summed E-state index contributed by atoms with van der Waals surface area (Å²) in [6.45, 7) is 13.7. The van der Waals surface area contributed by atoms with Crippen molar-refractivity contribution in [2.45, 2.75) is 45.4 Å². The van der Waals surface area contributed by atoms with Gasteiger partial charge in [-0.05, 0) is 55.9 Å². The lowest BCUT2D eigenvalue weighted by molar-refractivity contribution is -0.134. The van der Waals surface area contributed by atoms with Crippen molar-refractivity contribution in [3.05, 3.63) is 76.0 Å². The van der Waals surface area contributed by atoms with Gasteiger partial charge in [-0.15, -0.1) is 0 Å². The first kappa shape index (κ1) is 20.9. The van der Waals surface area contributed by atoms with Crippen LogP contribution in [0.5, 0.6) is 0 Å². The molecule has 0 radical (unpaired) electrons. The molecule has 2 aliphatic rings. The lowest BCUT2D eigenvalue weighted by atomic mass is 9.58. The highest BCUT2D eigenvalue weighted by Crippen LogP contribution is 2.53. The average Bonchev–Trinajstić information content (AvgIpc) is 3.12. The molecule has 2 aliphatic carbocycles. The largest absolute Gasteiger partial charge is 0.523 e. The van der Waals surface area contributed by atoms with Gasteiger partial charge in [0, 0.05) is 28.8 Å². The van der Waals surface area contributed by atoms with Crippen LogP contribution in [-0.2, 0) is 21.4 Å². The summed E-state index contributed by atoms with van der Waals surface area (Å²) in [4.78, 5) is 20.1. The Morgan fingerprint density at radius 1 is 1.45 bits per heavy atom. The van der Waals surface area contributed by atoms with Crippen molar-refractivity contribution in [1.82, 2.24) is 9.55 Å². The van der Waals surface area contributed by atoms with Crippen molar-refractivity contribution in [2.75, 3.05) is 7.11 Å². The molecule has 0 saturated carbocycles. The van der Waals surface area contributed by atoms with Crippen molar-refractivity contribution in [1.29, 1.82) is 0 Å². The topological polar surface area (TPSA) is 68.7 Å². The number of aliphatic hydroxyl groups excluding tert-OH is 1. The fourth-order valence-electron chi connectivity index (χ4n) is 5.40. The Bertz CT molecular complexity index is 1150. The smallest absolute Gasteiger partial charge is 0.330 e. The summed E-state index contributed by atoms with van der Waals surface area (Å²) in [6.07, 6.45) is 5.47. The van der Waals surface area contributed by atoms with Crippen molar-refractivity contribution < 1.29 is 14.6 Å². The van der Waals surface area contributed by atoms with Crippen LogP contribution in [0.4, 0.5) is 0 Å². The molecule has 31 heavy (non-hydrogen) atoms. The monoisotopic (exact) mass is 417 g/mol. The number of carbonyl (C=O) groups excluding carboxylic acids is 1. The van der Waals surface area contributed by atoms with E-state index in [1.54, 1.807) is 6.08 Å². The zero-order valence-electron chi connectivity index (χ0n) is 18.3. The zero-order chi connectivity index (χ0) is 22.3. The Hall–Kier alpha value is -3.33. The van der Waals surface area contributed by atoms with E-state index in [9.17, 15) is 9.90 Å². The number of imidazole rings is 1. The third-order valence-electron chi connectivity index (χ3n) is 6.93. The van der Waals surface area contributed by atoms with Crippen LogP contribution in [0.1, 0.15) is 49.5 Å². The minimum absolute atomic E-state index is 0.0479. The van der Waals surface area contributed by atoms with Crippen molar-refractivity contribution >= 4 is 12.0 Å². The van der Waals surface area contributed by atoms with Crippen molar-refractivity contribution in [3.8, 4) is 5.69 Å². The molecule has 4 rings (SSSR count). The van der Waals surface area contributed by atoms with Crippen LogP contribution in [-0.4, -0.2) is 27.7 Å². The average molecular weight is 418 g/mol. The standard InChI is InChI=1S/C25H27N3O3/c1-15-19-10-11-21-24(25(19,3)14-20(26-4)23(15)30)27-16(2)28(21)18-8-6-7-17(13-18)9-12-22(29)31-5/h6-9,12-13,15,19,30H,10-11,14H2,1-3,5H3/b12-9+/t15-,19-,25-/m0/s1. The van der Waals surface area contributed by atoms with Crippen LogP contribution in [0, 0.1) is 25.3 Å². The summed E-state index contributed by atoms with van der Waals surface area (Å²) in [5, 5.41) is 10.5. The molecule has 1 aromatic heterocycles. The van der Waals surface area contributed by atoms with Gasteiger partial charge in [-0.25, -0.2) is 14.6 Å². The molecule has 0 amide bonds. The summed E-state index contributed by atoms with van der Waals surface area (Å²) >= 11 is 0. The Morgan fingerprint density at radius 2 is 2.23 bits per heavy atom. The molecule has 6 nitrogen and oxygen atoms in total. The van der Waals surface area contributed by atoms with Gasteiger partial charge >= 0.3 is 5.97 Å². The first-order chi connectivity index (χ1) is 14.8. The molecule has 2 aromatic rings. The Morgan fingerprint density at radius 3 is 2.94 bits per heavy atom. The van der Waals surface area contributed by atoms with E-state index in [0.717, 1.165) is 35.6 Å². The molecular formula is C25H27N3O3. The molecule has 6 heteroatoms. The van der Waals surface area contributed by atoms with Gasteiger partial charge < -0.3 is 14.4 Å². The summed E-state index contributed by atoms with van der Waals surface area (Å²) in [5.41, 5.74) is 4.28. The quantitative estimate of drug-likeness (QED) is 0.437. The summed E-state index contributed by atoms with van der Waals surface area (Å²) in [7, 11) is 1.36. The highest BCUT2D eigenvalue weighted by Gasteiger charge is 2.50. The molecular weight excluding hydrogens is 390 g/mol. The first-order valence-electron chi connectivity index (χ1n) is 10.5. The van der Waals surface area contributed by atoms with Gasteiger partial charge in [0.05, 0.1) is 25.1 Å². The Balaban J connectivity index is 1.79. The van der Waals surface area contributed by atoms with Crippen LogP contribution in [0.15, 0.2) is 41.8 Å². The molecule has 0 saturated heterocycles. The highest BCUT2D eigenvalue weighted by molar-refractivity contribution is 5.87. The summed E-state index contributed by atoms with van der Waals surface area (Å²) in [6, 6.07) is 7.98. The lowest BCUT2D eigenvalue weighted by Gasteiger charge is -2.47. The van der Waals surface area contributed by atoms with Gasteiger partial charge in [0.25, 0.3) is 0 Å². The van der Waals surface area contributed by atoms with E-state index in [4.69, 9.17) is 11.6 Å². The summed E-state index contributed by atoms with van der Waals surface area (Å²) in [5.74, 6) is 0.966. The van der Waals surface area contributed by atoms with Crippen LogP contribution in [0.25, 0.3) is 16.6 Å². The van der Waals surface area contributed by atoms with Gasteiger partial charge in [-0.1, -0.05) is 26.0 Å². The van der Waals surface area contributed by atoms with Crippen LogP contribution >= 0.6 is 0 Å². The van der Waals surface area contributed by atoms with Crippen LogP contribution in [0.2, 0.25) is 0 Å². The number of fused-ring (bicyclic) bond motifs is 3. The van der Waals surface area contributed by atoms with Gasteiger partial charge in [0.2, 0.25) is 5.70 Å². The second-order valence-electron chi connectivity index (χ2n) is 8.71. The van der Waals surface area contributed by atoms with Crippen molar-refractivity contribution in [2.24, 2.45) is 11.8 Å². The van der Waals surface area contributed by atoms with Gasteiger partial charge in [0.15, 0.2) is 0 Å². The maximum absolute atomic E-state index is 11.4. The molecule has 1 N–H and O–H groups in total. The predicted octanol–water partition coefficient (Wildman–Crippen LogP) is 4.92. The second-order valence-corrected chi connectivity index (χ2v) is 8.71. The molecule has 1 heterocycles. The number of hydrogen-bond acceptors (Lipinski definition) is 4. The number of ether oxygens (including phenoxy) is 1. The number of benzene rings is 1. The van der Waals surface area contributed by atoms with E-state index in [1.165, 1.54) is 18.9 Å². The first-order valence-corrected chi connectivity index (χ1v) is 10.5. The van der Waals surface area contributed by atoms with Crippen LogP contribution < -0.4 is 0 Å². The normalized spacial score (nSPS) is 25.1. The third-order valence-corrected chi connectivity index (χ3v) is 6.93. The van der Waals surface area contributed by atoms with Gasteiger partial charge in [0.1, 0.15) is 5.82 Å². The fraction of sp³-hybridized carbons (Fsp3) is 0.400. The Kier molecular flexibility index (Phi) is 5.22. The number of aromatic nitrogens is 2. The maximum atomic E-state index is 11.4. The van der Waals surface area contributed by atoms with Crippen molar-refractivity contribution in [3.63, 3.8) is 0 Å². The fourth-order valence-corrected chi connectivity index (χ4v) is 5.40. The minimum atomic E-state index is -0.390. The number of rotatable bonds is 3. The van der Waals surface area contributed by atoms with Crippen LogP contribution in [0.3, 0.4) is 0 Å². The number of hydrogen-bond donors (Lipinski definition) is 1. The number of allylic oxidation sites excluding steroid dienone is 2. The second kappa shape index (κ2) is 7.73. The number of methoxy groups -OCH3 is 1. The number of aliphatic hydroxyl groups is 1. The van der Waals surface area contributed by atoms with E-state index in [2.05, 4.69) is 21.1 Å². The van der Waals surface area contributed by atoms with E-state index in [0.29, 0.717) is 12.1 Å². The van der Waals surface area contributed by atoms with E-state index in [-0.39, 0.29) is 29.0 Å². The number of carbonyl (C=O) groups is 1. The molecule has 0 bridgehead atoms.